The molecule has 1 atom stereocenters. The third-order valence-corrected chi connectivity index (χ3v) is 5.07. The molecule has 2 aliphatic rings. The Labute approximate surface area is 143 Å². The summed E-state index contributed by atoms with van der Waals surface area (Å²) in [6.45, 7) is 2.65. The van der Waals surface area contributed by atoms with Gasteiger partial charge in [0.1, 0.15) is 6.04 Å². The van der Waals surface area contributed by atoms with Gasteiger partial charge in [-0.1, -0.05) is 37.0 Å². The van der Waals surface area contributed by atoms with Gasteiger partial charge in [-0.05, 0) is 44.7 Å². The highest BCUT2D eigenvalue weighted by molar-refractivity contribution is 5.94. The minimum atomic E-state index is -0.336. The maximum Gasteiger partial charge on any atom is 0.322 e. The molecule has 1 aliphatic carbocycles. The number of amides is 3. The van der Waals surface area contributed by atoms with E-state index in [1.54, 1.807) is 4.90 Å². The molecule has 1 heterocycles. The highest BCUT2D eigenvalue weighted by Gasteiger charge is 2.35. The van der Waals surface area contributed by atoms with E-state index in [4.69, 9.17) is 0 Å². The number of aryl methyl sites for hydroxylation is 1. The highest BCUT2D eigenvalue weighted by Crippen LogP contribution is 2.22. The fourth-order valence-corrected chi connectivity index (χ4v) is 3.66. The Kier molecular flexibility index (Phi) is 5.38. The molecule has 3 rings (SSSR count). The first-order valence-electron chi connectivity index (χ1n) is 9.08. The van der Waals surface area contributed by atoms with Gasteiger partial charge in [-0.2, -0.15) is 0 Å². The van der Waals surface area contributed by atoms with Crippen molar-refractivity contribution in [2.45, 2.75) is 64.0 Å². The van der Waals surface area contributed by atoms with Crippen molar-refractivity contribution in [3.05, 3.63) is 29.8 Å². The van der Waals surface area contributed by atoms with Crippen LogP contribution in [0.25, 0.3) is 0 Å². The van der Waals surface area contributed by atoms with Crippen molar-refractivity contribution >= 4 is 17.6 Å². The van der Waals surface area contributed by atoms with Crippen LogP contribution in [-0.2, 0) is 4.79 Å². The third kappa shape index (κ3) is 4.08. The molecule has 1 saturated carbocycles. The lowest BCUT2D eigenvalue weighted by Crippen LogP contribution is -2.50. The first-order chi connectivity index (χ1) is 11.6. The number of likely N-dealkylation sites (tertiary alicyclic amines) is 1. The Balaban J connectivity index is 1.58. The van der Waals surface area contributed by atoms with Gasteiger partial charge in [-0.25, -0.2) is 4.79 Å². The van der Waals surface area contributed by atoms with Gasteiger partial charge in [0.15, 0.2) is 0 Å². The topological polar surface area (TPSA) is 61.4 Å². The number of hydrogen-bond donors (Lipinski definition) is 2. The summed E-state index contributed by atoms with van der Waals surface area (Å²) in [6, 6.07) is 7.48. The number of benzene rings is 1. The zero-order valence-electron chi connectivity index (χ0n) is 14.4. The van der Waals surface area contributed by atoms with Crippen LogP contribution in [0.2, 0.25) is 0 Å². The van der Waals surface area contributed by atoms with E-state index in [2.05, 4.69) is 10.6 Å². The number of anilines is 1. The molecule has 3 amide bonds. The Morgan fingerprint density at radius 3 is 2.42 bits per heavy atom. The number of nitrogens with one attached hydrogen (secondary N) is 2. The Morgan fingerprint density at radius 2 is 1.71 bits per heavy atom. The van der Waals surface area contributed by atoms with Gasteiger partial charge >= 0.3 is 6.03 Å². The normalized spacial score (nSPS) is 21.5. The SMILES string of the molecule is Cc1ccc(NC(=O)N2CCCC2C(=O)NC2CCCCC2)cc1. The van der Waals surface area contributed by atoms with Crippen LogP contribution < -0.4 is 10.6 Å². The lowest BCUT2D eigenvalue weighted by atomic mass is 9.95. The fraction of sp³-hybridized carbons (Fsp3) is 0.579. The second-order valence-corrected chi connectivity index (χ2v) is 6.99. The molecule has 5 heteroatoms. The number of carbonyl (C=O) groups is 2. The molecule has 1 aliphatic heterocycles. The lowest BCUT2D eigenvalue weighted by Gasteiger charge is -2.28. The lowest BCUT2D eigenvalue weighted by molar-refractivity contribution is -0.125. The molecule has 0 spiro atoms. The summed E-state index contributed by atoms with van der Waals surface area (Å²) in [5.74, 6) is 0.0125. The molecular formula is C19H27N3O2. The van der Waals surface area contributed by atoms with E-state index >= 15 is 0 Å². The molecule has 1 unspecified atom stereocenters. The summed E-state index contributed by atoms with van der Waals surface area (Å²) in [7, 11) is 0. The Bertz CT molecular complexity index is 579. The summed E-state index contributed by atoms with van der Waals surface area (Å²) in [4.78, 5) is 26.8. The Hall–Kier alpha value is -2.04. The van der Waals surface area contributed by atoms with Crippen LogP contribution >= 0.6 is 0 Å². The van der Waals surface area contributed by atoms with Gasteiger partial charge in [0.05, 0.1) is 0 Å². The molecule has 5 nitrogen and oxygen atoms in total. The van der Waals surface area contributed by atoms with Crippen molar-refractivity contribution < 1.29 is 9.59 Å². The number of rotatable bonds is 3. The third-order valence-electron chi connectivity index (χ3n) is 5.07. The molecule has 0 bridgehead atoms. The molecule has 2 N–H and O–H groups in total. The maximum atomic E-state index is 12.6. The van der Waals surface area contributed by atoms with Crippen LogP contribution in [0.5, 0.6) is 0 Å². The summed E-state index contributed by atoms with van der Waals surface area (Å²) in [5, 5.41) is 6.06. The molecule has 1 aromatic rings. The molecule has 130 valence electrons. The fourth-order valence-electron chi connectivity index (χ4n) is 3.66. The number of carbonyl (C=O) groups excluding carboxylic acids is 2. The van der Waals surface area contributed by atoms with Crippen molar-refractivity contribution in [2.75, 3.05) is 11.9 Å². The number of nitrogens with zero attached hydrogens (tertiary/aromatic N) is 1. The van der Waals surface area contributed by atoms with Crippen LogP contribution in [0.15, 0.2) is 24.3 Å². The van der Waals surface area contributed by atoms with E-state index in [9.17, 15) is 9.59 Å². The van der Waals surface area contributed by atoms with E-state index in [1.807, 2.05) is 31.2 Å². The summed E-state index contributed by atoms with van der Waals surface area (Å²) >= 11 is 0. The summed E-state index contributed by atoms with van der Waals surface area (Å²) in [6.07, 6.45) is 7.40. The largest absolute Gasteiger partial charge is 0.352 e. The van der Waals surface area contributed by atoms with E-state index in [1.165, 1.54) is 19.3 Å². The van der Waals surface area contributed by atoms with Crippen molar-refractivity contribution in [2.24, 2.45) is 0 Å². The average molecular weight is 329 g/mol. The summed E-state index contributed by atoms with van der Waals surface area (Å²) in [5.41, 5.74) is 1.92. The van der Waals surface area contributed by atoms with Crippen LogP contribution in [-0.4, -0.2) is 35.5 Å². The highest BCUT2D eigenvalue weighted by atomic mass is 16.2. The van der Waals surface area contributed by atoms with Crippen molar-refractivity contribution in [1.29, 1.82) is 0 Å². The standard InChI is InChI=1S/C19H27N3O2/c1-14-9-11-16(12-10-14)21-19(24)22-13-5-8-17(22)18(23)20-15-6-3-2-4-7-15/h9-12,15,17H,2-8,13H2,1H3,(H,20,23)(H,21,24). The maximum absolute atomic E-state index is 12.6. The molecule has 24 heavy (non-hydrogen) atoms. The van der Waals surface area contributed by atoms with Crippen molar-refractivity contribution in [3.63, 3.8) is 0 Å². The molecule has 1 saturated heterocycles. The summed E-state index contributed by atoms with van der Waals surface area (Å²) < 4.78 is 0. The van der Waals surface area contributed by atoms with Gasteiger partial charge < -0.3 is 15.5 Å². The second-order valence-electron chi connectivity index (χ2n) is 6.99. The van der Waals surface area contributed by atoms with E-state index in [0.29, 0.717) is 6.54 Å². The van der Waals surface area contributed by atoms with Crippen molar-refractivity contribution in [3.8, 4) is 0 Å². The van der Waals surface area contributed by atoms with Crippen LogP contribution in [0.3, 0.4) is 0 Å². The smallest absolute Gasteiger partial charge is 0.322 e. The predicted octanol–water partition coefficient (Wildman–Crippen LogP) is 3.44. The first kappa shape index (κ1) is 16.8. The number of hydrogen-bond acceptors (Lipinski definition) is 2. The van der Waals surface area contributed by atoms with Crippen LogP contribution in [0, 0.1) is 6.92 Å². The van der Waals surface area contributed by atoms with Gasteiger partial charge in [0.2, 0.25) is 5.91 Å². The zero-order valence-corrected chi connectivity index (χ0v) is 14.4. The number of urea groups is 1. The Morgan fingerprint density at radius 1 is 1.00 bits per heavy atom. The van der Waals surface area contributed by atoms with Crippen LogP contribution in [0.4, 0.5) is 10.5 Å². The van der Waals surface area contributed by atoms with Crippen LogP contribution in [0.1, 0.15) is 50.5 Å². The van der Waals surface area contributed by atoms with Gasteiger partial charge in [-0.15, -0.1) is 0 Å². The molecular weight excluding hydrogens is 302 g/mol. The van der Waals surface area contributed by atoms with E-state index in [0.717, 1.165) is 36.9 Å². The monoisotopic (exact) mass is 329 g/mol. The van der Waals surface area contributed by atoms with Gasteiger partial charge in [0, 0.05) is 18.3 Å². The first-order valence-corrected chi connectivity index (χ1v) is 9.08. The zero-order chi connectivity index (χ0) is 16.9. The predicted molar refractivity (Wildman–Crippen MR) is 94.9 cm³/mol. The molecule has 1 aromatic carbocycles. The van der Waals surface area contributed by atoms with E-state index in [-0.39, 0.29) is 24.0 Å². The van der Waals surface area contributed by atoms with Gasteiger partial charge in [-0.3, -0.25) is 4.79 Å². The molecule has 2 fully saturated rings. The quantitative estimate of drug-likeness (QED) is 0.892. The molecule has 0 radical (unpaired) electrons. The minimum Gasteiger partial charge on any atom is -0.352 e. The second kappa shape index (κ2) is 7.69. The van der Waals surface area contributed by atoms with Crippen molar-refractivity contribution in [1.82, 2.24) is 10.2 Å². The molecule has 0 aromatic heterocycles. The minimum absolute atomic E-state index is 0.0125. The average Bonchev–Trinajstić information content (AvgIpc) is 3.08. The van der Waals surface area contributed by atoms with E-state index < -0.39 is 0 Å². The van der Waals surface area contributed by atoms with Gasteiger partial charge in [0.25, 0.3) is 0 Å².